The fraction of sp³-hybridized carbons (Fsp3) is 0.647. The van der Waals surface area contributed by atoms with E-state index in [-0.39, 0.29) is 0 Å². The number of likely N-dealkylation sites (N-methyl/N-ethyl adjacent to an activating group) is 1. The molecule has 1 nitrogen and oxygen atoms in total. The molecule has 0 spiro atoms. The minimum absolute atomic E-state index is 0.642. The van der Waals surface area contributed by atoms with E-state index in [2.05, 4.69) is 51.2 Å². The number of benzene rings is 1. The van der Waals surface area contributed by atoms with Crippen LogP contribution in [0.25, 0.3) is 0 Å². The Balaban J connectivity index is 2.06. The molecule has 1 saturated carbocycles. The Bertz CT molecular complexity index is 372. The summed E-state index contributed by atoms with van der Waals surface area (Å²) in [4.78, 5) is 0. The van der Waals surface area contributed by atoms with Crippen LogP contribution in [-0.4, -0.2) is 12.6 Å². The van der Waals surface area contributed by atoms with Gasteiger partial charge in [0.05, 0.1) is 0 Å². The molecule has 1 aliphatic carbocycles. The van der Waals surface area contributed by atoms with Crippen molar-refractivity contribution in [1.82, 2.24) is 5.32 Å². The van der Waals surface area contributed by atoms with Gasteiger partial charge in [-0.05, 0) is 57.1 Å². The summed E-state index contributed by atoms with van der Waals surface area (Å²) in [5, 5.41) is 3.69. The number of nitrogens with one attached hydrogen (secondary N) is 1. The van der Waals surface area contributed by atoms with Crippen LogP contribution in [0.5, 0.6) is 0 Å². The van der Waals surface area contributed by atoms with Crippen LogP contribution in [-0.2, 0) is 6.42 Å². The molecule has 2 atom stereocenters. The van der Waals surface area contributed by atoms with Crippen molar-refractivity contribution < 1.29 is 0 Å². The van der Waals surface area contributed by atoms with Crippen molar-refractivity contribution in [2.45, 2.75) is 53.0 Å². The molecule has 0 saturated heterocycles. The van der Waals surface area contributed by atoms with Crippen molar-refractivity contribution >= 4 is 0 Å². The lowest BCUT2D eigenvalue weighted by Crippen LogP contribution is -2.37. The molecule has 2 rings (SSSR count). The highest BCUT2D eigenvalue weighted by atomic mass is 14.9. The highest BCUT2D eigenvalue weighted by molar-refractivity contribution is 5.29. The van der Waals surface area contributed by atoms with E-state index in [0.717, 1.165) is 18.4 Å². The molecule has 100 valence electrons. The summed E-state index contributed by atoms with van der Waals surface area (Å²) in [6, 6.07) is 7.59. The van der Waals surface area contributed by atoms with Crippen LogP contribution in [0, 0.1) is 25.7 Å². The summed E-state index contributed by atoms with van der Waals surface area (Å²) in [6.45, 7) is 10.1. The number of hydrogen-bond acceptors (Lipinski definition) is 1. The molecule has 0 heterocycles. The zero-order valence-electron chi connectivity index (χ0n) is 12.3. The maximum atomic E-state index is 3.69. The molecule has 1 N–H and O–H groups in total. The fourth-order valence-corrected chi connectivity index (χ4v) is 3.10. The summed E-state index contributed by atoms with van der Waals surface area (Å²) in [7, 11) is 0. The second kappa shape index (κ2) is 5.88. The molecular weight excluding hydrogens is 218 g/mol. The van der Waals surface area contributed by atoms with Crippen molar-refractivity contribution in [3.8, 4) is 0 Å². The van der Waals surface area contributed by atoms with E-state index in [4.69, 9.17) is 0 Å². The van der Waals surface area contributed by atoms with Crippen LogP contribution in [0.15, 0.2) is 18.2 Å². The predicted octanol–water partition coefficient (Wildman–Crippen LogP) is 3.87. The maximum Gasteiger partial charge on any atom is 0.0136 e. The average molecular weight is 245 g/mol. The normalized spacial score (nSPS) is 18.7. The van der Waals surface area contributed by atoms with Gasteiger partial charge in [0.15, 0.2) is 0 Å². The van der Waals surface area contributed by atoms with E-state index in [0.29, 0.717) is 6.04 Å². The summed E-state index contributed by atoms with van der Waals surface area (Å²) in [5.41, 5.74) is 4.27. The molecule has 1 aromatic rings. The molecular formula is C17H27N. The molecule has 1 heteroatoms. The monoisotopic (exact) mass is 245 g/mol. The Morgan fingerprint density at radius 1 is 1.17 bits per heavy atom. The predicted molar refractivity (Wildman–Crippen MR) is 79.0 cm³/mol. The summed E-state index contributed by atoms with van der Waals surface area (Å²) < 4.78 is 0. The Morgan fingerprint density at radius 2 is 1.78 bits per heavy atom. The van der Waals surface area contributed by atoms with Gasteiger partial charge >= 0.3 is 0 Å². The van der Waals surface area contributed by atoms with Crippen molar-refractivity contribution in [1.29, 1.82) is 0 Å². The Hall–Kier alpha value is -0.820. The van der Waals surface area contributed by atoms with Gasteiger partial charge in [0.25, 0.3) is 0 Å². The largest absolute Gasteiger partial charge is 0.314 e. The first-order valence-electron chi connectivity index (χ1n) is 7.40. The Kier molecular flexibility index (Phi) is 4.45. The fourth-order valence-electron chi connectivity index (χ4n) is 3.10. The third kappa shape index (κ3) is 3.58. The van der Waals surface area contributed by atoms with Crippen LogP contribution in [0.4, 0.5) is 0 Å². The lowest BCUT2D eigenvalue weighted by Gasteiger charge is -2.25. The van der Waals surface area contributed by atoms with Crippen molar-refractivity contribution in [3.63, 3.8) is 0 Å². The molecule has 0 bridgehead atoms. The summed E-state index contributed by atoms with van der Waals surface area (Å²) in [6.07, 6.45) is 4.06. The zero-order chi connectivity index (χ0) is 13.1. The van der Waals surface area contributed by atoms with E-state index >= 15 is 0 Å². The third-order valence-electron chi connectivity index (χ3n) is 4.20. The molecule has 1 fully saturated rings. The van der Waals surface area contributed by atoms with Gasteiger partial charge in [-0.15, -0.1) is 0 Å². The van der Waals surface area contributed by atoms with Gasteiger partial charge in [-0.3, -0.25) is 0 Å². The van der Waals surface area contributed by atoms with E-state index in [1.165, 1.54) is 36.0 Å². The molecule has 0 aliphatic heterocycles. The second-order valence-corrected chi connectivity index (χ2v) is 6.06. The minimum atomic E-state index is 0.642. The van der Waals surface area contributed by atoms with Crippen molar-refractivity contribution in [3.05, 3.63) is 34.9 Å². The highest BCUT2D eigenvalue weighted by Gasteiger charge is 2.32. The van der Waals surface area contributed by atoms with Crippen LogP contribution in [0.2, 0.25) is 0 Å². The van der Waals surface area contributed by atoms with Crippen LogP contribution < -0.4 is 5.32 Å². The molecule has 1 aromatic carbocycles. The molecule has 18 heavy (non-hydrogen) atoms. The first-order chi connectivity index (χ1) is 8.60. The van der Waals surface area contributed by atoms with E-state index in [9.17, 15) is 0 Å². The molecule has 0 aromatic heterocycles. The number of rotatable bonds is 6. The highest BCUT2D eigenvalue weighted by Crippen LogP contribution is 2.38. The summed E-state index contributed by atoms with van der Waals surface area (Å²) >= 11 is 0. The first kappa shape index (κ1) is 13.6. The average Bonchev–Trinajstić information content (AvgIpc) is 3.10. The Labute approximate surface area is 112 Å². The smallest absolute Gasteiger partial charge is 0.0136 e. The zero-order valence-corrected chi connectivity index (χ0v) is 12.3. The van der Waals surface area contributed by atoms with Crippen molar-refractivity contribution in [2.75, 3.05) is 6.54 Å². The molecule has 2 unspecified atom stereocenters. The van der Waals surface area contributed by atoms with Gasteiger partial charge in [0.1, 0.15) is 0 Å². The molecule has 0 amide bonds. The standard InChI is InChI=1S/C17H27N/c1-5-18-17(14(4)16-6-7-16)11-15-9-12(2)8-13(3)10-15/h8-10,14,16-18H,5-7,11H2,1-4H3. The van der Waals surface area contributed by atoms with Crippen LogP contribution >= 0.6 is 0 Å². The quantitative estimate of drug-likeness (QED) is 0.802. The lowest BCUT2D eigenvalue weighted by atomic mass is 9.90. The number of hydrogen-bond donors (Lipinski definition) is 1. The lowest BCUT2D eigenvalue weighted by molar-refractivity contribution is 0.344. The minimum Gasteiger partial charge on any atom is -0.314 e. The van der Waals surface area contributed by atoms with Crippen LogP contribution in [0.1, 0.15) is 43.4 Å². The van der Waals surface area contributed by atoms with Gasteiger partial charge in [-0.25, -0.2) is 0 Å². The van der Waals surface area contributed by atoms with E-state index in [1.54, 1.807) is 0 Å². The molecule has 1 aliphatic rings. The van der Waals surface area contributed by atoms with Crippen LogP contribution in [0.3, 0.4) is 0 Å². The number of aryl methyl sites for hydroxylation is 2. The van der Waals surface area contributed by atoms with E-state index in [1.807, 2.05) is 0 Å². The van der Waals surface area contributed by atoms with Gasteiger partial charge in [-0.1, -0.05) is 43.2 Å². The first-order valence-corrected chi connectivity index (χ1v) is 7.40. The third-order valence-corrected chi connectivity index (χ3v) is 4.20. The summed E-state index contributed by atoms with van der Waals surface area (Å²) in [5.74, 6) is 1.78. The van der Waals surface area contributed by atoms with E-state index < -0.39 is 0 Å². The second-order valence-electron chi connectivity index (χ2n) is 6.06. The van der Waals surface area contributed by atoms with Gasteiger partial charge in [-0.2, -0.15) is 0 Å². The Morgan fingerprint density at radius 3 is 2.28 bits per heavy atom. The van der Waals surface area contributed by atoms with Gasteiger partial charge in [0, 0.05) is 6.04 Å². The van der Waals surface area contributed by atoms with Gasteiger partial charge < -0.3 is 5.32 Å². The van der Waals surface area contributed by atoms with Crippen molar-refractivity contribution in [2.24, 2.45) is 11.8 Å². The topological polar surface area (TPSA) is 12.0 Å². The SMILES string of the molecule is CCNC(Cc1cc(C)cc(C)c1)C(C)C1CC1. The molecule has 0 radical (unpaired) electrons. The maximum absolute atomic E-state index is 3.69. The van der Waals surface area contributed by atoms with Gasteiger partial charge in [0.2, 0.25) is 0 Å².